The first-order valence-corrected chi connectivity index (χ1v) is 8.33. The summed E-state index contributed by atoms with van der Waals surface area (Å²) in [5.74, 6) is -1.46. The van der Waals surface area contributed by atoms with Crippen molar-refractivity contribution in [2.45, 2.75) is 19.3 Å². The van der Waals surface area contributed by atoms with Crippen molar-refractivity contribution in [3.63, 3.8) is 0 Å². The highest BCUT2D eigenvalue weighted by molar-refractivity contribution is 6.30. The first-order chi connectivity index (χ1) is 11.6. The molecule has 1 saturated heterocycles. The van der Waals surface area contributed by atoms with E-state index in [0.29, 0.717) is 17.9 Å². The molecule has 1 aromatic rings. The van der Waals surface area contributed by atoms with Crippen molar-refractivity contribution in [2.75, 3.05) is 13.2 Å². The van der Waals surface area contributed by atoms with Crippen LogP contribution in [0.5, 0.6) is 0 Å². The van der Waals surface area contributed by atoms with E-state index in [-0.39, 0.29) is 49.2 Å². The lowest BCUT2D eigenvalue weighted by atomic mass is 9.85. The second-order valence-electron chi connectivity index (χ2n) is 6.01. The van der Waals surface area contributed by atoms with Gasteiger partial charge in [0, 0.05) is 5.03 Å². The molecule has 0 N–H and O–H groups in total. The number of nitrogens with zero attached hydrogens (tertiary/aromatic N) is 1. The topological polar surface area (TPSA) is 63.7 Å². The first kappa shape index (κ1) is 16.7. The van der Waals surface area contributed by atoms with Crippen LogP contribution in [0.25, 0.3) is 0 Å². The van der Waals surface area contributed by atoms with E-state index in [9.17, 15) is 14.4 Å². The summed E-state index contributed by atoms with van der Waals surface area (Å²) in [4.78, 5) is 37.7. The number of hydrogen-bond acceptors (Lipinski definition) is 4. The van der Waals surface area contributed by atoms with Crippen LogP contribution < -0.4 is 0 Å². The summed E-state index contributed by atoms with van der Waals surface area (Å²) in [6.45, 7) is 0.118. The number of carbonyl (C=O) groups is 3. The highest BCUT2D eigenvalue weighted by atomic mass is 35.5. The Morgan fingerprint density at radius 3 is 2.62 bits per heavy atom. The molecule has 1 aliphatic heterocycles. The summed E-state index contributed by atoms with van der Waals surface area (Å²) in [5.41, 5.74) is 0.863. The minimum atomic E-state index is -0.373. The number of carbonyl (C=O) groups excluding carboxylic acids is 3. The lowest BCUT2D eigenvalue weighted by Crippen LogP contribution is -2.34. The van der Waals surface area contributed by atoms with Crippen molar-refractivity contribution in [2.24, 2.45) is 11.8 Å². The van der Waals surface area contributed by atoms with Gasteiger partial charge in [-0.1, -0.05) is 48.0 Å². The van der Waals surface area contributed by atoms with E-state index in [1.54, 1.807) is 6.08 Å². The number of fused-ring (bicyclic) bond motifs is 1. The molecule has 0 unspecified atom stereocenters. The number of halogens is 1. The van der Waals surface area contributed by atoms with Gasteiger partial charge in [0.2, 0.25) is 11.8 Å². The molecule has 1 aromatic carbocycles. The molecule has 0 aromatic heterocycles. The zero-order chi connectivity index (χ0) is 17.1. The van der Waals surface area contributed by atoms with Gasteiger partial charge in [-0.3, -0.25) is 19.3 Å². The maximum absolute atomic E-state index is 12.3. The highest BCUT2D eigenvalue weighted by Crippen LogP contribution is 2.38. The molecule has 5 nitrogen and oxygen atoms in total. The molecule has 0 spiro atoms. The minimum Gasteiger partial charge on any atom is -0.464 e. The van der Waals surface area contributed by atoms with Gasteiger partial charge in [0.15, 0.2) is 0 Å². The number of benzene rings is 1. The van der Waals surface area contributed by atoms with Crippen LogP contribution in [0.15, 0.2) is 41.4 Å². The third kappa shape index (κ3) is 3.51. The molecule has 2 atom stereocenters. The maximum atomic E-state index is 12.3. The Bertz CT molecular complexity index is 686. The predicted molar refractivity (Wildman–Crippen MR) is 88.0 cm³/mol. The second-order valence-corrected chi connectivity index (χ2v) is 6.50. The number of amides is 2. The summed E-state index contributed by atoms with van der Waals surface area (Å²) in [6.07, 6.45) is 2.89. The van der Waals surface area contributed by atoms with Gasteiger partial charge in [0.25, 0.3) is 0 Å². The minimum absolute atomic E-state index is 0.0176. The van der Waals surface area contributed by atoms with Crippen LogP contribution in [0.4, 0.5) is 0 Å². The summed E-state index contributed by atoms with van der Waals surface area (Å²) in [7, 11) is 0. The zero-order valence-corrected chi connectivity index (χ0v) is 13.9. The van der Waals surface area contributed by atoms with Crippen molar-refractivity contribution >= 4 is 29.4 Å². The van der Waals surface area contributed by atoms with E-state index in [1.165, 1.54) is 4.90 Å². The smallest absolute Gasteiger partial charge is 0.310 e. The molecule has 126 valence electrons. The van der Waals surface area contributed by atoms with Crippen LogP contribution in [-0.4, -0.2) is 35.8 Å². The summed E-state index contributed by atoms with van der Waals surface area (Å²) in [6, 6.07) is 9.27. The van der Waals surface area contributed by atoms with Crippen LogP contribution >= 0.6 is 11.6 Å². The second kappa shape index (κ2) is 7.18. The molecule has 1 fully saturated rings. The number of hydrogen-bond donors (Lipinski definition) is 0. The van der Waals surface area contributed by atoms with E-state index in [2.05, 4.69) is 0 Å². The SMILES string of the molecule is O=C(Cc1ccccc1)OCCN1C(=O)[C@H]2CC=C(Cl)C[C@@H]2C1=O. The standard InChI is InChI=1S/C18H18ClNO4/c19-13-6-7-14-15(11-13)18(23)20(17(14)22)8-9-24-16(21)10-12-4-2-1-3-5-12/h1-6,14-15H,7-11H2/t14-,15-/m0/s1. The molecular weight excluding hydrogens is 330 g/mol. The molecule has 1 heterocycles. The van der Waals surface area contributed by atoms with E-state index >= 15 is 0 Å². The molecule has 3 rings (SSSR count). The van der Waals surface area contributed by atoms with Crippen LogP contribution in [-0.2, 0) is 25.5 Å². The summed E-state index contributed by atoms with van der Waals surface area (Å²) in [5, 5.41) is 0.633. The number of allylic oxidation sites excluding steroid dienone is 2. The van der Waals surface area contributed by atoms with Crippen molar-refractivity contribution in [3.05, 3.63) is 47.0 Å². The van der Waals surface area contributed by atoms with Gasteiger partial charge < -0.3 is 4.74 Å². The fourth-order valence-corrected chi connectivity index (χ4v) is 3.44. The van der Waals surface area contributed by atoms with Gasteiger partial charge in [-0.25, -0.2) is 0 Å². The summed E-state index contributed by atoms with van der Waals surface area (Å²) < 4.78 is 5.15. The van der Waals surface area contributed by atoms with Gasteiger partial charge in [0.1, 0.15) is 6.61 Å². The van der Waals surface area contributed by atoms with Crippen LogP contribution in [0.1, 0.15) is 18.4 Å². The Morgan fingerprint density at radius 1 is 1.17 bits per heavy atom. The Kier molecular flexibility index (Phi) is 5.00. The number of rotatable bonds is 5. The fraction of sp³-hybridized carbons (Fsp3) is 0.389. The van der Waals surface area contributed by atoms with Gasteiger partial charge in [-0.15, -0.1) is 0 Å². The predicted octanol–water partition coefficient (Wildman–Crippen LogP) is 2.29. The number of likely N-dealkylation sites (tertiary alicyclic amines) is 1. The average Bonchev–Trinajstić information content (AvgIpc) is 2.80. The molecule has 1 aliphatic carbocycles. The van der Waals surface area contributed by atoms with Crippen LogP contribution in [0, 0.1) is 11.8 Å². The number of imide groups is 1. The third-order valence-electron chi connectivity index (χ3n) is 4.43. The molecule has 0 radical (unpaired) electrons. The number of esters is 1. The van der Waals surface area contributed by atoms with E-state index in [4.69, 9.17) is 16.3 Å². The average molecular weight is 348 g/mol. The lowest BCUT2D eigenvalue weighted by Gasteiger charge is -2.17. The molecule has 0 saturated carbocycles. The van der Waals surface area contributed by atoms with E-state index in [0.717, 1.165) is 5.56 Å². The van der Waals surface area contributed by atoms with Crippen molar-refractivity contribution < 1.29 is 19.1 Å². The highest BCUT2D eigenvalue weighted by Gasteiger charge is 2.48. The van der Waals surface area contributed by atoms with Gasteiger partial charge in [-0.2, -0.15) is 0 Å². The zero-order valence-electron chi connectivity index (χ0n) is 13.1. The first-order valence-electron chi connectivity index (χ1n) is 7.95. The van der Waals surface area contributed by atoms with Crippen molar-refractivity contribution in [1.82, 2.24) is 4.90 Å². The van der Waals surface area contributed by atoms with Crippen LogP contribution in [0.2, 0.25) is 0 Å². The number of ether oxygens (including phenoxy) is 1. The van der Waals surface area contributed by atoms with E-state index in [1.807, 2.05) is 30.3 Å². The maximum Gasteiger partial charge on any atom is 0.310 e. The molecule has 2 aliphatic rings. The molecule has 6 heteroatoms. The van der Waals surface area contributed by atoms with Crippen molar-refractivity contribution in [1.29, 1.82) is 0 Å². The van der Waals surface area contributed by atoms with Gasteiger partial charge >= 0.3 is 5.97 Å². The van der Waals surface area contributed by atoms with Crippen LogP contribution in [0.3, 0.4) is 0 Å². The Hall–Kier alpha value is -2.14. The Morgan fingerprint density at radius 2 is 1.88 bits per heavy atom. The Balaban J connectivity index is 1.49. The molecule has 24 heavy (non-hydrogen) atoms. The fourth-order valence-electron chi connectivity index (χ4n) is 3.18. The quantitative estimate of drug-likeness (QED) is 0.605. The normalized spacial score (nSPS) is 23.0. The third-order valence-corrected chi connectivity index (χ3v) is 4.74. The van der Waals surface area contributed by atoms with Gasteiger partial charge in [-0.05, 0) is 18.4 Å². The Labute approximate surface area is 145 Å². The van der Waals surface area contributed by atoms with Crippen molar-refractivity contribution in [3.8, 4) is 0 Å². The summed E-state index contributed by atoms with van der Waals surface area (Å²) >= 11 is 5.98. The monoisotopic (exact) mass is 347 g/mol. The largest absolute Gasteiger partial charge is 0.464 e. The molecule has 0 bridgehead atoms. The molecular formula is C18H18ClNO4. The lowest BCUT2D eigenvalue weighted by molar-refractivity contribution is -0.148. The van der Waals surface area contributed by atoms with E-state index < -0.39 is 0 Å². The molecule has 2 amide bonds. The van der Waals surface area contributed by atoms with Gasteiger partial charge in [0.05, 0.1) is 24.8 Å².